The van der Waals surface area contributed by atoms with E-state index < -0.39 is 0 Å². The lowest BCUT2D eigenvalue weighted by atomic mass is 9.87. The van der Waals surface area contributed by atoms with E-state index in [9.17, 15) is 4.79 Å². The molecule has 1 aromatic heterocycles. The van der Waals surface area contributed by atoms with E-state index in [1.54, 1.807) is 21.3 Å². The molecule has 1 heterocycles. The van der Waals surface area contributed by atoms with Gasteiger partial charge in [0.2, 0.25) is 5.91 Å². The lowest BCUT2D eigenvalue weighted by molar-refractivity contribution is -0.121. The third-order valence-corrected chi connectivity index (χ3v) is 4.82. The molecule has 0 saturated carbocycles. The first kappa shape index (κ1) is 19.8. The van der Waals surface area contributed by atoms with Crippen molar-refractivity contribution in [2.24, 2.45) is 0 Å². The van der Waals surface area contributed by atoms with Gasteiger partial charge in [0.25, 0.3) is 0 Å². The molecule has 6 heteroatoms. The largest absolute Gasteiger partial charge is 0.493 e. The van der Waals surface area contributed by atoms with Crippen molar-refractivity contribution in [3.63, 3.8) is 0 Å². The van der Waals surface area contributed by atoms with Gasteiger partial charge < -0.3 is 24.5 Å². The molecule has 0 spiro atoms. The standard InChI is InChI=1S/C22H26N2O4/c1-26-11-10-23-22(25)13-17(15-8-9-20(27-2)21(12-15)28-3)18-14-24-19-7-5-4-6-16(18)19/h4-9,12,14,17,24H,10-11,13H2,1-3H3,(H,23,25). The second-order valence-electron chi connectivity index (χ2n) is 6.50. The van der Waals surface area contributed by atoms with Crippen LogP contribution in [-0.2, 0) is 9.53 Å². The van der Waals surface area contributed by atoms with Crippen LogP contribution in [0.2, 0.25) is 0 Å². The number of aromatic amines is 1. The number of para-hydroxylation sites is 1. The third-order valence-electron chi connectivity index (χ3n) is 4.82. The summed E-state index contributed by atoms with van der Waals surface area (Å²) in [6, 6.07) is 13.9. The number of amides is 1. The molecule has 2 aromatic carbocycles. The fourth-order valence-electron chi connectivity index (χ4n) is 3.41. The second-order valence-corrected chi connectivity index (χ2v) is 6.50. The third kappa shape index (κ3) is 4.28. The van der Waals surface area contributed by atoms with Gasteiger partial charge in [-0.3, -0.25) is 4.79 Å². The highest BCUT2D eigenvalue weighted by molar-refractivity contribution is 5.86. The van der Waals surface area contributed by atoms with Crippen LogP contribution >= 0.6 is 0 Å². The minimum absolute atomic E-state index is 0.0258. The Kier molecular flexibility index (Phi) is 6.55. The van der Waals surface area contributed by atoms with E-state index >= 15 is 0 Å². The monoisotopic (exact) mass is 382 g/mol. The number of fused-ring (bicyclic) bond motifs is 1. The van der Waals surface area contributed by atoms with Gasteiger partial charge in [0.1, 0.15) is 0 Å². The molecule has 3 rings (SSSR count). The lowest BCUT2D eigenvalue weighted by Gasteiger charge is -2.19. The maximum absolute atomic E-state index is 12.6. The molecule has 0 aliphatic rings. The van der Waals surface area contributed by atoms with Gasteiger partial charge in [0.05, 0.1) is 20.8 Å². The first-order valence-corrected chi connectivity index (χ1v) is 9.21. The molecular formula is C22H26N2O4. The van der Waals surface area contributed by atoms with Crippen LogP contribution in [0, 0.1) is 0 Å². The number of nitrogens with one attached hydrogen (secondary N) is 2. The molecule has 148 valence electrons. The van der Waals surface area contributed by atoms with E-state index in [0.717, 1.165) is 22.0 Å². The van der Waals surface area contributed by atoms with Crippen molar-refractivity contribution in [3.8, 4) is 11.5 Å². The zero-order chi connectivity index (χ0) is 19.9. The van der Waals surface area contributed by atoms with Crippen LogP contribution in [0.15, 0.2) is 48.7 Å². The average molecular weight is 382 g/mol. The van der Waals surface area contributed by atoms with Gasteiger partial charge in [0, 0.05) is 43.1 Å². The molecule has 0 fully saturated rings. The van der Waals surface area contributed by atoms with Crippen LogP contribution in [0.3, 0.4) is 0 Å². The van der Waals surface area contributed by atoms with Gasteiger partial charge in [-0.05, 0) is 29.3 Å². The highest BCUT2D eigenvalue weighted by Crippen LogP contribution is 2.37. The molecular weight excluding hydrogens is 356 g/mol. The van der Waals surface area contributed by atoms with Crippen molar-refractivity contribution in [1.29, 1.82) is 0 Å². The topological polar surface area (TPSA) is 72.6 Å². The summed E-state index contributed by atoms with van der Waals surface area (Å²) in [4.78, 5) is 15.9. The average Bonchev–Trinajstić information content (AvgIpc) is 3.15. The van der Waals surface area contributed by atoms with Gasteiger partial charge in [-0.15, -0.1) is 0 Å². The molecule has 1 amide bonds. The zero-order valence-electron chi connectivity index (χ0n) is 16.5. The summed E-state index contributed by atoms with van der Waals surface area (Å²) >= 11 is 0. The summed E-state index contributed by atoms with van der Waals surface area (Å²) in [6.07, 6.45) is 2.30. The lowest BCUT2D eigenvalue weighted by Crippen LogP contribution is -2.28. The van der Waals surface area contributed by atoms with Gasteiger partial charge in [-0.25, -0.2) is 0 Å². The first-order chi connectivity index (χ1) is 13.7. The summed E-state index contributed by atoms with van der Waals surface area (Å²) < 4.78 is 15.8. The Bertz CT molecular complexity index is 935. The summed E-state index contributed by atoms with van der Waals surface area (Å²) in [5, 5.41) is 4.02. The van der Waals surface area contributed by atoms with E-state index in [-0.39, 0.29) is 11.8 Å². The molecule has 28 heavy (non-hydrogen) atoms. The normalized spacial score (nSPS) is 12.0. The smallest absolute Gasteiger partial charge is 0.221 e. The molecule has 2 N–H and O–H groups in total. The van der Waals surface area contributed by atoms with Crippen molar-refractivity contribution >= 4 is 16.8 Å². The summed E-state index contributed by atoms with van der Waals surface area (Å²) in [7, 11) is 4.84. The van der Waals surface area contributed by atoms with Gasteiger partial charge >= 0.3 is 0 Å². The molecule has 0 aliphatic heterocycles. The molecule has 6 nitrogen and oxygen atoms in total. The Morgan fingerprint density at radius 2 is 1.86 bits per heavy atom. The Morgan fingerprint density at radius 3 is 2.61 bits per heavy atom. The van der Waals surface area contributed by atoms with Crippen LogP contribution in [-0.4, -0.2) is 45.4 Å². The van der Waals surface area contributed by atoms with Crippen molar-refractivity contribution in [2.45, 2.75) is 12.3 Å². The Hall–Kier alpha value is -2.99. The summed E-state index contributed by atoms with van der Waals surface area (Å²) in [5.74, 6) is 1.15. The number of rotatable bonds is 9. The second kappa shape index (κ2) is 9.28. The van der Waals surface area contributed by atoms with Crippen LogP contribution in [0.25, 0.3) is 10.9 Å². The van der Waals surface area contributed by atoms with Crippen molar-refractivity contribution in [3.05, 3.63) is 59.8 Å². The summed E-state index contributed by atoms with van der Waals surface area (Å²) in [5.41, 5.74) is 3.11. The van der Waals surface area contributed by atoms with Gasteiger partial charge in [-0.2, -0.15) is 0 Å². The number of hydrogen-bond acceptors (Lipinski definition) is 4. The predicted molar refractivity (Wildman–Crippen MR) is 109 cm³/mol. The summed E-state index contributed by atoms with van der Waals surface area (Å²) in [6.45, 7) is 0.974. The number of methoxy groups -OCH3 is 3. The molecule has 1 unspecified atom stereocenters. The number of H-pyrrole nitrogens is 1. The Morgan fingerprint density at radius 1 is 1.07 bits per heavy atom. The van der Waals surface area contributed by atoms with Gasteiger partial charge in [-0.1, -0.05) is 24.3 Å². The number of aromatic nitrogens is 1. The predicted octanol–water partition coefficient (Wildman–Crippen LogP) is 3.47. The van der Waals surface area contributed by atoms with Crippen LogP contribution in [0.1, 0.15) is 23.5 Å². The highest BCUT2D eigenvalue weighted by atomic mass is 16.5. The van der Waals surface area contributed by atoms with E-state index in [0.29, 0.717) is 31.1 Å². The number of carbonyl (C=O) groups is 1. The van der Waals surface area contributed by atoms with Crippen LogP contribution in [0.5, 0.6) is 11.5 Å². The minimum Gasteiger partial charge on any atom is -0.493 e. The fraction of sp³-hybridized carbons (Fsp3) is 0.318. The van der Waals surface area contributed by atoms with E-state index in [1.807, 2.05) is 42.6 Å². The van der Waals surface area contributed by atoms with Crippen molar-refractivity contribution in [2.75, 3.05) is 34.5 Å². The molecule has 0 bridgehead atoms. The highest BCUT2D eigenvalue weighted by Gasteiger charge is 2.22. The van der Waals surface area contributed by atoms with Crippen molar-refractivity contribution in [1.82, 2.24) is 10.3 Å². The van der Waals surface area contributed by atoms with E-state index in [4.69, 9.17) is 14.2 Å². The maximum atomic E-state index is 12.6. The quantitative estimate of drug-likeness (QED) is 0.556. The molecule has 1 atom stereocenters. The number of ether oxygens (including phenoxy) is 3. The number of carbonyl (C=O) groups excluding carboxylic acids is 1. The minimum atomic E-state index is -0.126. The van der Waals surface area contributed by atoms with Crippen LogP contribution in [0.4, 0.5) is 0 Å². The SMILES string of the molecule is COCCNC(=O)CC(c1ccc(OC)c(OC)c1)c1c[nH]c2ccccc12. The fourth-order valence-corrected chi connectivity index (χ4v) is 3.41. The Balaban J connectivity index is 1.98. The first-order valence-electron chi connectivity index (χ1n) is 9.21. The van der Waals surface area contributed by atoms with Crippen LogP contribution < -0.4 is 14.8 Å². The molecule has 3 aromatic rings. The number of hydrogen-bond donors (Lipinski definition) is 2. The van der Waals surface area contributed by atoms with E-state index in [1.165, 1.54) is 0 Å². The molecule has 0 aliphatic carbocycles. The van der Waals surface area contributed by atoms with E-state index in [2.05, 4.69) is 16.4 Å². The number of benzene rings is 2. The van der Waals surface area contributed by atoms with Crippen molar-refractivity contribution < 1.29 is 19.0 Å². The van der Waals surface area contributed by atoms with Gasteiger partial charge in [0.15, 0.2) is 11.5 Å². The zero-order valence-corrected chi connectivity index (χ0v) is 16.5. The Labute approximate surface area is 164 Å². The maximum Gasteiger partial charge on any atom is 0.221 e. The molecule has 0 radical (unpaired) electrons. The molecule has 0 saturated heterocycles.